The molecule has 1 saturated heterocycles. The molecule has 0 radical (unpaired) electrons. The lowest BCUT2D eigenvalue weighted by atomic mass is 10.2. The quantitative estimate of drug-likeness (QED) is 0.789. The van der Waals surface area contributed by atoms with E-state index in [0.717, 1.165) is 12.1 Å². The molecule has 0 aliphatic carbocycles. The predicted octanol–water partition coefficient (Wildman–Crippen LogP) is 2.63. The minimum atomic E-state index is -4.47. The number of carbonyl (C=O) groups is 2. The van der Waals surface area contributed by atoms with Gasteiger partial charge in [-0.25, -0.2) is 9.59 Å². The predicted molar refractivity (Wildman–Crippen MR) is 82.6 cm³/mol. The Kier molecular flexibility index (Phi) is 5.53. The standard InChI is InChI=1S/C15H19F3N4O2/c1-2-19-14(24)22-7-6-12(9-22)21-13(23)20-11-5-3-4-10(8-11)15(16,17)18/h3-5,8,12H,2,6-7,9H2,1H3,(H,19,24)(H2,20,21,23). The number of nitrogens with one attached hydrogen (secondary N) is 3. The number of urea groups is 2. The van der Waals surface area contributed by atoms with E-state index in [9.17, 15) is 22.8 Å². The fourth-order valence-corrected chi connectivity index (χ4v) is 2.45. The van der Waals surface area contributed by atoms with Gasteiger partial charge in [0.05, 0.1) is 5.56 Å². The first-order chi connectivity index (χ1) is 11.3. The lowest BCUT2D eigenvalue weighted by Gasteiger charge is -2.17. The topological polar surface area (TPSA) is 73.5 Å². The van der Waals surface area contributed by atoms with Crippen molar-refractivity contribution < 1.29 is 22.8 Å². The van der Waals surface area contributed by atoms with Crippen molar-refractivity contribution in [3.05, 3.63) is 29.8 Å². The van der Waals surface area contributed by atoms with Gasteiger partial charge in [0.1, 0.15) is 0 Å². The van der Waals surface area contributed by atoms with E-state index >= 15 is 0 Å². The van der Waals surface area contributed by atoms with Crippen LogP contribution in [-0.4, -0.2) is 42.6 Å². The zero-order valence-electron chi connectivity index (χ0n) is 13.1. The van der Waals surface area contributed by atoms with Gasteiger partial charge in [-0.3, -0.25) is 0 Å². The molecule has 1 atom stereocenters. The molecular weight excluding hydrogens is 325 g/mol. The summed E-state index contributed by atoms with van der Waals surface area (Å²) in [6.07, 6.45) is -3.88. The van der Waals surface area contributed by atoms with Crippen LogP contribution in [0.4, 0.5) is 28.4 Å². The van der Waals surface area contributed by atoms with Gasteiger partial charge in [-0.2, -0.15) is 13.2 Å². The monoisotopic (exact) mass is 344 g/mol. The Morgan fingerprint density at radius 1 is 1.33 bits per heavy atom. The average molecular weight is 344 g/mol. The summed E-state index contributed by atoms with van der Waals surface area (Å²) in [7, 11) is 0. The summed E-state index contributed by atoms with van der Waals surface area (Å²) < 4.78 is 37.9. The maximum absolute atomic E-state index is 12.6. The molecule has 1 aromatic carbocycles. The van der Waals surface area contributed by atoms with Gasteiger partial charge in [0.25, 0.3) is 0 Å². The number of hydrogen-bond donors (Lipinski definition) is 3. The molecule has 0 bridgehead atoms. The summed E-state index contributed by atoms with van der Waals surface area (Å²) in [4.78, 5) is 25.2. The highest BCUT2D eigenvalue weighted by atomic mass is 19.4. The minimum absolute atomic E-state index is 0.0564. The molecule has 0 spiro atoms. The Bertz CT molecular complexity index is 607. The third kappa shape index (κ3) is 4.77. The molecule has 24 heavy (non-hydrogen) atoms. The van der Waals surface area contributed by atoms with E-state index in [1.54, 1.807) is 4.90 Å². The Morgan fingerprint density at radius 3 is 2.75 bits per heavy atom. The number of carbonyl (C=O) groups excluding carboxylic acids is 2. The average Bonchev–Trinajstić information content (AvgIpc) is 2.95. The molecule has 1 unspecified atom stereocenters. The summed E-state index contributed by atoms with van der Waals surface area (Å²) in [5.41, 5.74) is -0.774. The minimum Gasteiger partial charge on any atom is -0.338 e. The van der Waals surface area contributed by atoms with Crippen LogP contribution in [0, 0.1) is 0 Å². The van der Waals surface area contributed by atoms with E-state index in [1.165, 1.54) is 12.1 Å². The number of rotatable bonds is 3. The van der Waals surface area contributed by atoms with Crippen molar-refractivity contribution in [2.24, 2.45) is 0 Å². The molecule has 9 heteroatoms. The number of halogens is 3. The highest BCUT2D eigenvalue weighted by Gasteiger charge is 2.31. The number of anilines is 1. The maximum Gasteiger partial charge on any atom is 0.416 e. The third-order valence-corrected chi connectivity index (χ3v) is 3.59. The first kappa shape index (κ1) is 17.9. The summed E-state index contributed by atoms with van der Waals surface area (Å²) in [5, 5.41) is 7.71. The molecule has 1 aliphatic heterocycles. The van der Waals surface area contributed by atoms with Crippen LogP contribution in [-0.2, 0) is 6.18 Å². The summed E-state index contributed by atoms with van der Waals surface area (Å²) >= 11 is 0. The SMILES string of the molecule is CCNC(=O)N1CCC(NC(=O)Nc2cccc(C(F)(F)F)c2)C1. The molecule has 6 nitrogen and oxygen atoms in total. The van der Waals surface area contributed by atoms with Crippen LogP contribution in [0.3, 0.4) is 0 Å². The Balaban J connectivity index is 1.87. The van der Waals surface area contributed by atoms with Crippen molar-refractivity contribution in [3.8, 4) is 0 Å². The van der Waals surface area contributed by atoms with E-state index in [1.807, 2.05) is 6.92 Å². The second-order valence-electron chi connectivity index (χ2n) is 5.44. The molecule has 3 N–H and O–H groups in total. The fraction of sp³-hybridized carbons (Fsp3) is 0.467. The van der Waals surface area contributed by atoms with E-state index in [4.69, 9.17) is 0 Å². The number of alkyl halides is 3. The zero-order valence-corrected chi connectivity index (χ0v) is 13.1. The molecule has 1 aromatic rings. The van der Waals surface area contributed by atoms with Crippen molar-refractivity contribution >= 4 is 17.7 Å². The van der Waals surface area contributed by atoms with Gasteiger partial charge in [0.15, 0.2) is 0 Å². The Labute approximate surface area is 137 Å². The van der Waals surface area contributed by atoms with Crippen molar-refractivity contribution in [1.29, 1.82) is 0 Å². The van der Waals surface area contributed by atoms with E-state index in [-0.39, 0.29) is 17.8 Å². The number of hydrogen-bond acceptors (Lipinski definition) is 2. The molecule has 1 fully saturated rings. The maximum atomic E-state index is 12.6. The van der Waals surface area contributed by atoms with Crippen LogP contribution in [0.2, 0.25) is 0 Å². The van der Waals surface area contributed by atoms with Crippen molar-refractivity contribution in [2.75, 3.05) is 25.0 Å². The van der Waals surface area contributed by atoms with Gasteiger partial charge >= 0.3 is 18.2 Å². The van der Waals surface area contributed by atoms with Gasteiger partial charge in [-0.05, 0) is 31.5 Å². The summed E-state index contributed by atoms with van der Waals surface area (Å²) in [6, 6.07) is 3.38. The van der Waals surface area contributed by atoms with Crippen LogP contribution in [0.5, 0.6) is 0 Å². The zero-order chi connectivity index (χ0) is 17.7. The number of nitrogens with zero attached hydrogens (tertiary/aromatic N) is 1. The first-order valence-electron chi connectivity index (χ1n) is 7.57. The molecule has 4 amide bonds. The van der Waals surface area contributed by atoms with Crippen LogP contribution < -0.4 is 16.0 Å². The molecule has 2 rings (SSSR count). The first-order valence-corrected chi connectivity index (χ1v) is 7.57. The van der Waals surface area contributed by atoms with E-state index in [2.05, 4.69) is 16.0 Å². The van der Waals surface area contributed by atoms with E-state index < -0.39 is 17.8 Å². The molecular formula is C15H19F3N4O2. The van der Waals surface area contributed by atoms with Crippen molar-refractivity contribution in [2.45, 2.75) is 25.6 Å². The van der Waals surface area contributed by atoms with Gasteiger partial charge in [-0.1, -0.05) is 6.07 Å². The van der Waals surface area contributed by atoms with Gasteiger partial charge in [-0.15, -0.1) is 0 Å². The number of likely N-dealkylation sites (tertiary alicyclic amines) is 1. The van der Waals surface area contributed by atoms with Crippen LogP contribution in [0.15, 0.2) is 24.3 Å². The highest BCUT2D eigenvalue weighted by molar-refractivity contribution is 5.89. The Morgan fingerprint density at radius 2 is 2.08 bits per heavy atom. The smallest absolute Gasteiger partial charge is 0.338 e. The van der Waals surface area contributed by atoms with Gasteiger partial charge in [0, 0.05) is 31.4 Å². The van der Waals surface area contributed by atoms with Crippen LogP contribution in [0.25, 0.3) is 0 Å². The number of benzene rings is 1. The van der Waals surface area contributed by atoms with Gasteiger partial charge in [0.2, 0.25) is 0 Å². The van der Waals surface area contributed by atoms with Crippen molar-refractivity contribution in [3.63, 3.8) is 0 Å². The lowest BCUT2D eigenvalue weighted by molar-refractivity contribution is -0.137. The van der Waals surface area contributed by atoms with Crippen molar-refractivity contribution in [1.82, 2.24) is 15.5 Å². The normalized spacial score (nSPS) is 17.5. The molecule has 1 heterocycles. The van der Waals surface area contributed by atoms with Crippen LogP contribution >= 0.6 is 0 Å². The second kappa shape index (κ2) is 7.41. The highest BCUT2D eigenvalue weighted by Crippen LogP contribution is 2.30. The van der Waals surface area contributed by atoms with E-state index in [0.29, 0.717) is 26.1 Å². The van der Waals surface area contributed by atoms with Gasteiger partial charge < -0.3 is 20.9 Å². The largest absolute Gasteiger partial charge is 0.416 e. The number of amides is 4. The summed E-state index contributed by atoms with van der Waals surface area (Å²) in [6.45, 7) is 3.21. The third-order valence-electron chi connectivity index (χ3n) is 3.59. The summed E-state index contributed by atoms with van der Waals surface area (Å²) in [5.74, 6) is 0. The fourth-order valence-electron chi connectivity index (χ4n) is 2.45. The molecule has 0 saturated carbocycles. The lowest BCUT2D eigenvalue weighted by Crippen LogP contribution is -2.43. The Hall–Kier alpha value is -2.45. The molecule has 1 aliphatic rings. The second-order valence-corrected chi connectivity index (χ2v) is 5.44. The molecule has 132 valence electrons. The molecule has 0 aromatic heterocycles. The van der Waals surface area contributed by atoms with Crippen LogP contribution in [0.1, 0.15) is 18.9 Å².